The first-order chi connectivity index (χ1) is 34.3. The van der Waals surface area contributed by atoms with Crippen molar-refractivity contribution in [3.05, 3.63) is 156 Å². The summed E-state index contributed by atoms with van der Waals surface area (Å²) in [5, 5.41) is 10.2. The van der Waals surface area contributed by atoms with Gasteiger partial charge in [-0.15, -0.1) is 0 Å². The quantitative estimate of drug-likeness (QED) is 0.120. The number of benzene rings is 4. The number of hydrogen-bond acceptors (Lipinski definition) is 11. The Hall–Kier alpha value is -7.71. The monoisotopic (exact) mass is 949 g/mol. The molecule has 1 amide bonds. The molecule has 14 heteroatoms. The number of carbonyl (C=O) groups is 1. The van der Waals surface area contributed by atoms with E-state index < -0.39 is 5.60 Å². The summed E-state index contributed by atoms with van der Waals surface area (Å²) in [6, 6.07) is 37.7. The van der Waals surface area contributed by atoms with Gasteiger partial charge in [-0.05, 0) is 146 Å². The highest BCUT2D eigenvalue weighted by atomic mass is 16.6. The molecule has 10 rings (SSSR count). The molecule has 71 heavy (non-hydrogen) atoms. The zero-order chi connectivity index (χ0) is 49.5. The van der Waals surface area contributed by atoms with Gasteiger partial charge >= 0.3 is 6.09 Å². The highest BCUT2D eigenvalue weighted by Crippen LogP contribution is 2.37. The Balaban J connectivity index is 0.000000179. The Labute approximate surface area is 417 Å². The van der Waals surface area contributed by atoms with Crippen molar-refractivity contribution in [1.29, 1.82) is 0 Å². The molecule has 14 nitrogen and oxygen atoms in total. The van der Waals surface area contributed by atoms with E-state index in [1.807, 2.05) is 76.0 Å². The summed E-state index contributed by atoms with van der Waals surface area (Å²) in [6.45, 7) is 17.3. The zero-order valence-corrected chi connectivity index (χ0v) is 41.9. The highest BCUT2D eigenvalue weighted by Gasteiger charge is 2.30. The highest BCUT2D eigenvalue weighted by molar-refractivity contribution is 5.79. The number of hydrogen-bond donors (Lipinski definition) is 3. The van der Waals surface area contributed by atoms with Gasteiger partial charge in [0.15, 0.2) is 0 Å². The number of anilines is 4. The molecule has 0 unspecified atom stereocenters. The molecule has 4 aromatic heterocycles. The fraction of sp³-hybridized carbons (Fsp3) is 0.316. The third kappa shape index (κ3) is 12.0. The largest absolute Gasteiger partial charge is 0.444 e. The molecule has 8 aromatic rings. The van der Waals surface area contributed by atoms with Gasteiger partial charge < -0.3 is 34.7 Å². The number of likely N-dealkylation sites (tertiary alicyclic amines) is 1. The first-order valence-corrected chi connectivity index (χ1v) is 24.6. The molecule has 0 aliphatic carbocycles. The maximum absolute atomic E-state index is 12.6. The fourth-order valence-electron chi connectivity index (χ4n) is 9.59. The van der Waals surface area contributed by atoms with Crippen LogP contribution >= 0.6 is 0 Å². The smallest absolute Gasteiger partial charge is 0.410 e. The van der Waals surface area contributed by atoms with E-state index in [1.54, 1.807) is 11.1 Å². The summed E-state index contributed by atoms with van der Waals surface area (Å²) in [5.41, 5.74) is 13.8. The second-order valence-corrected chi connectivity index (χ2v) is 19.6. The number of nitrogens with one attached hydrogen (secondary N) is 3. The van der Waals surface area contributed by atoms with Gasteiger partial charge in [-0.3, -0.25) is 0 Å². The Morgan fingerprint density at radius 1 is 0.577 bits per heavy atom. The molecule has 6 heterocycles. The Morgan fingerprint density at radius 2 is 1.00 bits per heavy atom. The summed E-state index contributed by atoms with van der Waals surface area (Å²) in [5.74, 6) is 1.12. The average Bonchev–Trinajstić information content (AvgIpc) is 4.01. The van der Waals surface area contributed by atoms with Crippen molar-refractivity contribution in [3.63, 3.8) is 0 Å². The summed E-state index contributed by atoms with van der Waals surface area (Å²) in [7, 11) is 0. The van der Waals surface area contributed by atoms with Gasteiger partial charge in [0.2, 0.25) is 11.9 Å². The van der Waals surface area contributed by atoms with Crippen molar-refractivity contribution in [2.24, 2.45) is 0 Å². The molecule has 0 bridgehead atoms. The lowest BCUT2D eigenvalue weighted by Crippen LogP contribution is -2.42. The van der Waals surface area contributed by atoms with E-state index in [0.29, 0.717) is 31.0 Å². The minimum Gasteiger partial charge on any atom is -0.444 e. The van der Waals surface area contributed by atoms with Crippen molar-refractivity contribution in [2.45, 2.75) is 91.8 Å². The van der Waals surface area contributed by atoms with Crippen LogP contribution in [0.25, 0.3) is 45.3 Å². The third-order valence-corrected chi connectivity index (χ3v) is 12.6. The van der Waals surface area contributed by atoms with Crippen molar-refractivity contribution >= 4 is 29.4 Å². The third-order valence-electron chi connectivity index (χ3n) is 12.6. The molecule has 0 spiro atoms. The number of ether oxygens (including phenoxy) is 1. The zero-order valence-electron chi connectivity index (χ0n) is 41.9. The second kappa shape index (κ2) is 21.5. The molecule has 4 aromatic carbocycles. The number of imidazole rings is 2. The predicted molar refractivity (Wildman–Crippen MR) is 283 cm³/mol. The van der Waals surface area contributed by atoms with E-state index in [9.17, 15) is 4.79 Å². The van der Waals surface area contributed by atoms with Gasteiger partial charge in [0.25, 0.3) is 0 Å². The molecular weight excluding hydrogens is 885 g/mol. The Bertz CT molecular complexity index is 3030. The number of aryl methyl sites for hydroxylation is 4. The van der Waals surface area contributed by atoms with Crippen LogP contribution in [0.3, 0.4) is 0 Å². The predicted octanol–water partition coefficient (Wildman–Crippen LogP) is 12.2. The molecule has 0 atom stereocenters. The number of rotatable bonds is 10. The van der Waals surface area contributed by atoms with Crippen LogP contribution in [-0.4, -0.2) is 81.8 Å². The summed E-state index contributed by atoms with van der Waals surface area (Å²) in [4.78, 5) is 42.9. The van der Waals surface area contributed by atoms with E-state index in [2.05, 4.69) is 136 Å². The van der Waals surface area contributed by atoms with E-state index >= 15 is 0 Å². The normalized spacial score (nSPS) is 14.4. The number of piperidine rings is 2. The number of aromatic nitrogens is 8. The van der Waals surface area contributed by atoms with Crippen molar-refractivity contribution < 1.29 is 9.53 Å². The van der Waals surface area contributed by atoms with Crippen molar-refractivity contribution in [2.75, 3.05) is 36.8 Å². The maximum Gasteiger partial charge on any atom is 0.410 e. The van der Waals surface area contributed by atoms with Gasteiger partial charge in [0, 0.05) is 60.1 Å². The van der Waals surface area contributed by atoms with E-state index in [-0.39, 0.29) is 12.1 Å². The molecule has 364 valence electrons. The van der Waals surface area contributed by atoms with Crippen LogP contribution in [0.1, 0.15) is 80.8 Å². The summed E-state index contributed by atoms with van der Waals surface area (Å²) < 4.78 is 10.1. The molecule has 0 saturated carbocycles. The van der Waals surface area contributed by atoms with Crippen LogP contribution < -0.4 is 16.0 Å². The van der Waals surface area contributed by atoms with Crippen LogP contribution in [0, 0.1) is 27.7 Å². The van der Waals surface area contributed by atoms with E-state index in [0.717, 1.165) is 95.4 Å². The lowest BCUT2D eigenvalue weighted by atomic mass is 10.0. The first-order valence-electron chi connectivity index (χ1n) is 24.6. The molecule has 3 N–H and O–H groups in total. The second-order valence-electron chi connectivity index (χ2n) is 19.6. The Kier molecular flexibility index (Phi) is 14.6. The summed E-state index contributed by atoms with van der Waals surface area (Å²) >= 11 is 0. The van der Waals surface area contributed by atoms with Crippen LogP contribution in [0.15, 0.2) is 134 Å². The van der Waals surface area contributed by atoms with Gasteiger partial charge in [-0.25, -0.2) is 34.7 Å². The van der Waals surface area contributed by atoms with Crippen LogP contribution in [0.4, 0.5) is 28.1 Å². The average molecular weight is 949 g/mol. The molecule has 2 saturated heterocycles. The van der Waals surface area contributed by atoms with E-state index in [4.69, 9.17) is 24.7 Å². The SMILES string of the molecule is Cc1cc(C)cc(Nc2nccc(-c3c(-c4ccccc4)ncn3C3CCN(C(=O)OC(C)(C)C)CC3)n2)c1.Cc1cc(C)cc(Nc2nccc(-c3c(-c4ccccc4)ncn3C3CCNCC3)n2)c1. The van der Waals surface area contributed by atoms with E-state index in [1.165, 1.54) is 22.3 Å². The minimum absolute atomic E-state index is 0.175. The summed E-state index contributed by atoms with van der Waals surface area (Å²) in [6.07, 6.45) is 11.0. The number of nitrogens with zero attached hydrogens (tertiary/aromatic N) is 9. The van der Waals surface area contributed by atoms with Gasteiger partial charge in [-0.1, -0.05) is 72.8 Å². The number of carbonyl (C=O) groups excluding carboxylic acids is 1. The molecule has 2 aliphatic heterocycles. The van der Waals surface area contributed by atoms with Crippen molar-refractivity contribution in [1.82, 2.24) is 49.3 Å². The standard InChI is InChI=1S/C31H36N6O2.C26H28N6/c1-21-17-22(2)19-24(18-21)34-29-32-14-11-26(35-29)28-27(23-9-7-6-8-10-23)33-20-37(28)25-12-15-36(16-13-25)30(38)39-31(3,4)5;1-18-14-19(2)16-21(15-18)30-26-28-13-10-23(31-26)25-24(20-6-4-3-5-7-20)29-17-32(25)22-8-11-27-12-9-22/h6-11,14,17-20,25H,12-13,15-16H2,1-5H3,(H,32,34,35);3-7,10,13-17,22,27H,8-9,11-12H2,1-2H3,(H,28,30,31). The topological polar surface area (TPSA) is 153 Å². The molecular formula is C57H64N12O2. The van der Waals surface area contributed by atoms with Gasteiger partial charge in [0.05, 0.1) is 46.8 Å². The first kappa shape index (κ1) is 48.3. The minimum atomic E-state index is -0.508. The van der Waals surface area contributed by atoms with Crippen LogP contribution in [0.2, 0.25) is 0 Å². The van der Waals surface area contributed by atoms with Crippen molar-refractivity contribution in [3.8, 4) is 45.3 Å². The lowest BCUT2D eigenvalue weighted by Gasteiger charge is -2.34. The van der Waals surface area contributed by atoms with Crippen LogP contribution in [-0.2, 0) is 4.74 Å². The Morgan fingerprint density at radius 3 is 1.42 bits per heavy atom. The fourth-order valence-corrected chi connectivity index (χ4v) is 9.59. The van der Waals surface area contributed by atoms with Gasteiger partial charge in [-0.2, -0.15) is 0 Å². The lowest BCUT2D eigenvalue weighted by molar-refractivity contribution is 0.0189. The maximum atomic E-state index is 12.6. The van der Waals surface area contributed by atoms with Gasteiger partial charge in [0.1, 0.15) is 5.60 Å². The number of amides is 1. The molecule has 2 aliphatic rings. The van der Waals surface area contributed by atoms with Crippen LogP contribution in [0.5, 0.6) is 0 Å². The molecule has 0 radical (unpaired) electrons. The molecule has 2 fully saturated rings.